The minimum atomic E-state index is -0.805. The maximum Gasteiger partial charge on any atom is 0.338 e. The second-order valence-corrected chi connectivity index (χ2v) is 10.2. The predicted octanol–water partition coefficient (Wildman–Crippen LogP) is 3.98. The van der Waals surface area contributed by atoms with Gasteiger partial charge in [0.25, 0.3) is 5.56 Å². The van der Waals surface area contributed by atoms with E-state index in [0.717, 1.165) is 5.56 Å². The molecule has 1 atom stereocenters. The normalized spacial score (nSPS) is 14.8. The molecule has 4 rings (SSSR count). The number of carbonyl (C=O) groups is 1. The van der Waals surface area contributed by atoms with Gasteiger partial charge in [-0.1, -0.05) is 45.3 Å². The average molecular weight is 612 g/mol. The molecule has 2 aromatic carbocycles. The van der Waals surface area contributed by atoms with E-state index in [1.54, 1.807) is 44.2 Å². The zero-order chi connectivity index (χ0) is 28.1. The molecular weight excluding hydrogens is 584 g/mol. The number of methoxy groups -OCH3 is 1. The van der Waals surface area contributed by atoms with Crippen molar-refractivity contribution in [2.24, 2.45) is 4.99 Å². The number of benzene rings is 2. The number of terminal acetylenes is 1. The Morgan fingerprint density at radius 2 is 1.92 bits per heavy atom. The Morgan fingerprint density at radius 3 is 2.56 bits per heavy atom. The van der Waals surface area contributed by atoms with Crippen molar-refractivity contribution in [1.82, 2.24) is 4.57 Å². The van der Waals surface area contributed by atoms with Gasteiger partial charge in [0.05, 0.1) is 42.2 Å². The summed E-state index contributed by atoms with van der Waals surface area (Å²) >= 11 is 4.87. The van der Waals surface area contributed by atoms with Crippen molar-refractivity contribution < 1.29 is 23.7 Å². The average Bonchev–Trinajstić information content (AvgIpc) is 3.22. The Morgan fingerprint density at radius 1 is 1.18 bits per heavy atom. The molecule has 0 saturated heterocycles. The van der Waals surface area contributed by atoms with Gasteiger partial charge in [-0.2, -0.15) is 0 Å². The molecule has 0 fully saturated rings. The summed E-state index contributed by atoms with van der Waals surface area (Å²) in [6.45, 7) is 6.15. The fraction of sp³-hybridized carbons (Fsp3) is 0.276. The molecule has 0 spiro atoms. The first-order chi connectivity index (χ1) is 18.8. The molecule has 1 aromatic heterocycles. The van der Waals surface area contributed by atoms with Crippen LogP contribution in [0.15, 0.2) is 61.9 Å². The summed E-state index contributed by atoms with van der Waals surface area (Å²) in [7, 11) is 1.54. The van der Waals surface area contributed by atoms with Crippen LogP contribution in [0.3, 0.4) is 0 Å². The number of esters is 1. The quantitative estimate of drug-likeness (QED) is 0.269. The number of nitrogens with zero attached hydrogens (tertiary/aromatic N) is 2. The number of carbonyl (C=O) groups excluding carboxylic acids is 1. The Hall–Kier alpha value is -3.81. The molecule has 1 aliphatic heterocycles. The summed E-state index contributed by atoms with van der Waals surface area (Å²) < 4.78 is 24.7. The molecule has 0 saturated carbocycles. The Bertz CT molecular complexity index is 1650. The van der Waals surface area contributed by atoms with Crippen LogP contribution in [-0.4, -0.2) is 37.5 Å². The van der Waals surface area contributed by atoms with Crippen molar-refractivity contribution in [3.8, 4) is 29.6 Å². The molecule has 202 valence electrons. The van der Waals surface area contributed by atoms with Gasteiger partial charge in [-0.05, 0) is 62.2 Å². The second kappa shape index (κ2) is 12.4. The SMILES string of the molecule is C#CCOc1ccc(/C=c2/sc3n(c2=O)[C@@H](c2cc(OC)c(OCC)cc2Br)C(C(=O)OCC)=C(C)N=3)cc1. The van der Waals surface area contributed by atoms with Crippen LogP contribution in [0.4, 0.5) is 0 Å². The number of fused-ring (bicyclic) bond motifs is 1. The molecule has 10 heteroatoms. The lowest BCUT2D eigenvalue weighted by Crippen LogP contribution is -2.40. The molecule has 3 aromatic rings. The zero-order valence-electron chi connectivity index (χ0n) is 21.9. The lowest BCUT2D eigenvalue weighted by Gasteiger charge is -2.26. The molecule has 39 heavy (non-hydrogen) atoms. The van der Waals surface area contributed by atoms with Gasteiger partial charge < -0.3 is 18.9 Å². The van der Waals surface area contributed by atoms with Crippen LogP contribution in [0, 0.1) is 12.3 Å². The van der Waals surface area contributed by atoms with Gasteiger partial charge in [0, 0.05) is 4.47 Å². The number of aromatic nitrogens is 1. The third-order valence-corrected chi connectivity index (χ3v) is 7.56. The molecule has 1 aliphatic rings. The van der Waals surface area contributed by atoms with E-state index in [9.17, 15) is 9.59 Å². The molecule has 2 heterocycles. The molecule has 0 N–H and O–H groups in total. The summed E-state index contributed by atoms with van der Waals surface area (Å²) in [5, 5.41) is 0. The summed E-state index contributed by atoms with van der Waals surface area (Å²) in [5.41, 5.74) is 1.90. The van der Waals surface area contributed by atoms with E-state index in [0.29, 0.717) is 48.9 Å². The van der Waals surface area contributed by atoms with Gasteiger partial charge in [-0.15, -0.1) is 6.42 Å². The first kappa shape index (κ1) is 28.2. The minimum Gasteiger partial charge on any atom is -0.493 e. The van der Waals surface area contributed by atoms with E-state index in [4.69, 9.17) is 25.4 Å². The Kier molecular flexibility index (Phi) is 8.94. The highest BCUT2D eigenvalue weighted by Gasteiger charge is 2.35. The maximum absolute atomic E-state index is 13.9. The first-order valence-electron chi connectivity index (χ1n) is 12.2. The third-order valence-electron chi connectivity index (χ3n) is 5.89. The second-order valence-electron chi connectivity index (χ2n) is 8.32. The highest BCUT2D eigenvalue weighted by atomic mass is 79.9. The maximum atomic E-state index is 13.9. The topological polar surface area (TPSA) is 88.3 Å². The first-order valence-corrected chi connectivity index (χ1v) is 13.8. The van der Waals surface area contributed by atoms with Crippen LogP contribution < -0.4 is 29.1 Å². The number of halogens is 1. The van der Waals surface area contributed by atoms with Gasteiger partial charge in [-0.25, -0.2) is 9.79 Å². The van der Waals surface area contributed by atoms with Crippen LogP contribution >= 0.6 is 27.3 Å². The number of thiazole rings is 1. The largest absolute Gasteiger partial charge is 0.493 e. The Labute approximate surface area is 238 Å². The molecule has 0 aliphatic carbocycles. The molecule has 0 unspecified atom stereocenters. The number of ether oxygens (including phenoxy) is 4. The van der Waals surface area contributed by atoms with E-state index < -0.39 is 12.0 Å². The van der Waals surface area contributed by atoms with Crippen LogP contribution in [0.25, 0.3) is 6.08 Å². The minimum absolute atomic E-state index is 0.173. The smallest absolute Gasteiger partial charge is 0.338 e. The van der Waals surface area contributed by atoms with Crippen molar-refractivity contribution in [3.05, 3.63) is 83.0 Å². The summed E-state index contributed by atoms with van der Waals surface area (Å²) in [5.74, 6) is 3.53. The molecular formula is C29H27BrN2O6S. The van der Waals surface area contributed by atoms with E-state index >= 15 is 0 Å². The highest BCUT2D eigenvalue weighted by Crippen LogP contribution is 2.41. The van der Waals surface area contributed by atoms with Crippen molar-refractivity contribution in [2.45, 2.75) is 26.8 Å². The number of rotatable bonds is 9. The fourth-order valence-corrected chi connectivity index (χ4v) is 5.80. The summed E-state index contributed by atoms with van der Waals surface area (Å²) in [6.07, 6.45) is 7.03. The lowest BCUT2D eigenvalue weighted by molar-refractivity contribution is -0.139. The van der Waals surface area contributed by atoms with Crippen LogP contribution in [0.1, 0.15) is 37.9 Å². The van der Waals surface area contributed by atoms with Crippen molar-refractivity contribution in [1.29, 1.82) is 0 Å². The van der Waals surface area contributed by atoms with Crippen LogP contribution in [0.5, 0.6) is 17.2 Å². The molecule has 0 radical (unpaired) electrons. The highest BCUT2D eigenvalue weighted by molar-refractivity contribution is 9.10. The molecule has 8 nitrogen and oxygen atoms in total. The number of hydrogen-bond acceptors (Lipinski definition) is 8. The van der Waals surface area contributed by atoms with Gasteiger partial charge in [0.15, 0.2) is 16.3 Å². The monoisotopic (exact) mass is 610 g/mol. The summed E-state index contributed by atoms with van der Waals surface area (Å²) in [6, 6.07) is 9.99. The van der Waals surface area contributed by atoms with Crippen molar-refractivity contribution >= 4 is 39.3 Å². The van der Waals surface area contributed by atoms with Gasteiger partial charge in [0.2, 0.25) is 0 Å². The molecule has 0 bridgehead atoms. The van der Waals surface area contributed by atoms with Crippen LogP contribution in [-0.2, 0) is 9.53 Å². The number of hydrogen-bond donors (Lipinski definition) is 0. The van der Waals surface area contributed by atoms with E-state index in [1.807, 2.05) is 19.1 Å². The van der Waals surface area contributed by atoms with E-state index in [-0.39, 0.29) is 24.3 Å². The van der Waals surface area contributed by atoms with E-state index in [2.05, 4.69) is 26.8 Å². The van der Waals surface area contributed by atoms with Gasteiger partial charge in [0.1, 0.15) is 12.4 Å². The zero-order valence-corrected chi connectivity index (χ0v) is 24.4. The van der Waals surface area contributed by atoms with Gasteiger partial charge >= 0.3 is 5.97 Å². The fourth-order valence-electron chi connectivity index (χ4n) is 4.21. The van der Waals surface area contributed by atoms with Crippen molar-refractivity contribution in [2.75, 3.05) is 26.9 Å². The molecule has 0 amide bonds. The predicted molar refractivity (Wildman–Crippen MR) is 153 cm³/mol. The van der Waals surface area contributed by atoms with Crippen LogP contribution in [0.2, 0.25) is 0 Å². The lowest BCUT2D eigenvalue weighted by atomic mass is 9.95. The standard InChI is InChI=1S/C29H27BrN2O6S/c1-6-13-38-19-11-9-18(10-12-19)14-24-27(33)32-26(20-15-22(35-5)23(36-7-2)16-21(20)30)25(28(34)37-8-3)17(4)31-29(32)39-24/h1,9-12,14-16,26H,7-8,13H2,2-5H3/b24-14+/t26-/m0/s1. The number of allylic oxidation sites excluding steroid dienone is 1. The van der Waals surface area contributed by atoms with Gasteiger partial charge in [-0.3, -0.25) is 9.36 Å². The van der Waals surface area contributed by atoms with E-state index in [1.165, 1.54) is 23.0 Å². The third kappa shape index (κ3) is 5.79. The Balaban J connectivity index is 1.91. The summed E-state index contributed by atoms with van der Waals surface area (Å²) in [4.78, 5) is 32.2. The van der Waals surface area contributed by atoms with Crippen molar-refractivity contribution in [3.63, 3.8) is 0 Å².